The number of benzene rings is 1. The van der Waals surface area contributed by atoms with Crippen LogP contribution in [0.1, 0.15) is 42.8 Å². The standard InChI is InChI=1S/C16H18O3/c1-11(2)13-8-14(19-16(18)9-13)10-15(17)12-6-4-3-5-7-12/h3-9,11,15,17H,10H2,1-2H3. The molecule has 0 aliphatic carbocycles. The Morgan fingerprint density at radius 1 is 1.11 bits per heavy atom. The summed E-state index contributed by atoms with van der Waals surface area (Å²) in [7, 11) is 0. The van der Waals surface area contributed by atoms with Crippen LogP contribution in [0.4, 0.5) is 0 Å². The molecule has 1 heterocycles. The molecule has 0 spiro atoms. The fourth-order valence-electron chi connectivity index (χ4n) is 1.97. The van der Waals surface area contributed by atoms with Gasteiger partial charge in [-0.3, -0.25) is 0 Å². The molecule has 2 rings (SSSR count). The molecule has 0 saturated heterocycles. The first-order valence-corrected chi connectivity index (χ1v) is 6.43. The van der Waals surface area contributed by atoms with Crippen molar-refractivity contribution in [3.8, 4) is 0 Å². The maximum atomic E-state index is 11.5. The normalized spacial score (nSPS) is 12.6. The van der Waals surface area contributed by atoms with Crippen molar-refractivity contribution in [1.82, 2.24) is 0 Å². The third kappa shape index (κ3) is 3.55. The second kappa shape index (κ2) is 5.85. The molecule has 1 aromatic carbocycles. The Labute approximate surface area is 112 Å². The van der Waals surface area contributed by atoms with Crippen LogP contribution >= 0.6 is 0 Å². The third-order valence-corrected chi connectivity index (χ3v) is 3.09. The molecule has 19 heavy (non-hydrogen) atoms. The van der Waals surface area contributed by atoms with Crippen LogP contribution < -0.4 is 5.63 Å². The summed E-state index contributed by atoms with van der Waals surface area (Å²) in [6, 6.07) is 12.7. The van der Waals surface area contributed by atoms with E-state index in [0.29, 0.717) is 12.2 Å². The maximum absolute atomic E-state index is 11.5. The van der Waals surface area contributed by atoms with Gasteiger partial charge in [0.2, 0.25) is 0 Å². The molecular formula is C16H18O3. The second-order valence-electron chi connectivity index (χ2n) is 4.96. The van der Waals surface area contributed by atoms with Crippen molar-refractivity contribution in [2.75, 3.05) is 0 Å². The van der Waals surface area contributed by atoms with E-state index in [9.17, 15) is 9.90 Å². The predicted molar refractivity (Wildman–Crippen MR) is 74.2 cm³/mol. The molecule has 3 heteroatoms. The molecule has 1 unspecified atom stereocenters. The minimum Gasteiger partial charge on any atom is -0.428 e. The molecule has 100 valence electrons. The van der Waals surface area contributed by atoms with Crippen LogP contribution in [-0.2, 0) is 6.42 Å². The smallest absolute Gasteiger partial charge is 0.336 e. The van der Waals surface area contributed by atoms with Gasteiger partial charge in [0.1, 0.15) is 5.76 Å². The highest BCUT2D eigenvalue weighted by molar-refractivity contribution is 5.21. The first kappa shape index (κ1) is 13.6. The highest BCUT2D eigenvalue weighted by Gasteiger charge is 2.12. The lowest BCUT2D eigenvalue weighted by atomic mass is 10.0. The largest absolute Gasteiger partial charge is 0.428 e. The highest BCUT2D eigenvalue weighted by Crippen LogP contribution is 2.20. The van der Waals surface area contributed by atoms with Gasteiger partial charge in [0, 0.05) is 12.5 Å². The third-order valence-electron chi connectivity index (χ3n) is 3.09. The first-order valence-electron chi connectivity index (χ1n) is 6.43. The van der Waals surface area contributed by atoms with Gasteiger partial charge in [-0.1, -0.05) is 44.2 Å². The Hall–Kier alpha value is -1.87. The summed E-state index contributed by atoms with van der Waals surface area (Å²) in [5.41, 5.74) is 1.40. The van der Waals surface area contributed by atoms with Crippen LogP contribution in [-0.4, -0.2) is 5.11 Å². The summed E-state index contributed by atoms with van der Waals surface area (Å²) >= 11 is 0. The van der Waals surface area contributed by atoms with Gasteiger partial charge >= 0.3 is 5.63 Å². The van der Waals surface area contributed by atoms with E-state index in [1.165, 1.54) is 6.07 Å². The predicted octanol–water partition coefficient (Wildman–Crippen LogP) is 3.04. The molecule has 0 radical (unpaired) electrons. The SMILES string of the molecule is CC(C)c1cc(CC(O)c2ccccc2)oc(=O)c1. The van der Waals surface area contributed by atoms with E-state index in [4.69, 9.17) is 4.42 Å². The van der Waals surface area contributed by atoms with Crippen LogP contribution in [0.25, 0.3) is 0 Å². The Kier molecular flexibility index (Phi) is 4.17. The molecule has 3 nitrogen and oxygen atoms in total. The van der Waals surface area contributed by atoms with Crippen molar-refractivity contribution in [3.63, 3.8) is 0 Å². The molecule has 1 aromatic heterocycles. The molecule has 0 aliphatic heterocycles. The number of rotatable bonds is 4. The lowest BCUT2D eigenvalue weighted by molar-refractivity contribution is 0.169. The van der Waals surface area contributed by atoms with Gasteiger partial charge in [-0.05, 0) is 23.1 Å². The fourth-order valence-corrected chi connectivity index (χ4v) is 1.97. The van der Waals surface area contributed by atoms with Gasteiger partial charge < -0.3 is 9.52 Å². The van der Waals surface area contributed by atoms with E-state index in [-0.39, 0.29) is 11.5 Å². The summed E-state index contributed by atoms with van der Waals surface area (Å²) in [6.07, 6.45) is -0.355. The summed E-state index contributed by atoms with van der Waals surface area (Å²) in [4.78, 5) is 11.5. The van der Waals surface area contributed by atoms with Gasteiger partial charge in [-0.15, -0.1) is 0 Å². The minimum atomic E-state index is -0.660. The lowest BCUT2D eigenvalue weighted by Crippen LogP contribution is -2.07. The van der Waals surface area contributed by atoms with E-state index < -0.39 is 6.10 Å². The number of aliphatic hydroxyl groups is 1. The van der Waals surface area contributed by atoms with Crippen LogP contribution in [0.3, 0.4) is 0 Å². The van der Waals surface area contributed by atoms with Crippen molar-refractivity contribution >= 4 is 0 Å². The van der Waals surface area contributed by atoms with Gasteiger partial charge in [-0.2, -0.15) is 0 Å². The number of hydrogen-bond acceptors (Lipinski definition) is 3. The zero-order chi connectivity index (χ0) is 13.8. The molecule has 0 fully saturated rings. The van der Waals surface area contributed by atoms with Gasteiger partial charge in [-0.25, -0.2) is 4.79 Å². The fraction of sp³-hybridized carbons (Fsp3) is 0.312. The molecule has 1 atom stereocenters. The van der Waals surface area contributed by atoms with E-state index in [0.717, 1.165) is 11.1 Å². The summed E-state index contributed by atoms with van der Waals surface area (Å²) in [5.74, 6) is 0.782. The highest BCUT2D eigenvalue weighted by atomic mass is 16.4. The van der Waals surface area contributed by atoms with Crippen molar-refractivity contribution in [3.05, 3.63) is 69.8 Å². The van der Waals surface area contributed by atoms with E-state index in [1.54, 1.807) is 0 Å². The van der Waals surface area contributed by atoms with Crippen molar-refractivity contribution in [1.29, 1.82) is 0 Å². The monoisotopic (exact) mass is 258 g/mol. The van der Waals surface area contributed by atoms with Crippen LogP contribution in [0.5, 0.6) is 0 Å². The zero-order valence-corrected chi connectivity index (χ0v) is 11.2. The lowest BCUT2D eigenvalue weighted by Gasteiger charge is -2.11. The van der Waals surface area contributed by atoms with E-state index in [1.807, 2.05) is 50.2 Å². The Morgan fingerprint density at radius 3 is 2.42 bits per heavy atom. The number of hydrogen-bond donors (Lipinski definition) is 1. The molecule has 0 saturated carbocycles. The molecule has 0 amide bonds. The number of aliphatic hydroxyl groups excluding tert-OH is 1. The summed E-state index contributed by atoms with van der Waals surface area (Å²) in [5, 5.41) is 10.1. The van der Waals surface area contributed by atoms with Crippen molar-refractivity contribution in [2.24, 2.45) is 0 Å². The van der Waals surface area contributed by atoms with Gasteiger partial charge in [0.05, 0.1) is 6.10 Å². The topological polar surface area (TPSA) is 50.4 Å². The average Bonchev–Trinajstić information content (AvgIpc) is 2.39. The Morgan fingerprint density at radius 2 is 1.79 bits per heavy atom. The summed E-state index contributed by atoms with van der Waals surface area (Å²) in [6.45, 7) is 4.04. The Balaban J connectivity index is 2.22. The summed E-state index contributed by atoms with van der Waals surface area (Å²) < 4.78 is 5.14. The molecule has 2 aromatic rings. The second-order valence-corrected chi connectivity index (χ2v) is 4.96. The molecular weight excluding hydrogens is 240 g/mol. The van der Waals surface area contributed by atoms with Crippen LogP contribution in [0, 0.1) is 0 Å². The van der Waals surface area contributed by atoms with Gasteiger partial charge in [0.25, 0.3) is 0 Å². The first-order chi connectivity index (χ1) is 9.06. The van der Waals surface area contributed by atoms with E-state index in [2.05, 4.69) is 0 Å². The van der Waals surface area contributed by atoms with Gasteiger partial charge in [0.15, 0.2) is 0 Å². The van der Waals surface area contributed by atoms with Crippen molar-refractivity contribution in [2.45, 2.75) is 32.3 Å². The molecule has 0 bridgehead atoms. The van der Waals surface area contributed by atoms with Crippen LogP contribution in [0.15, 0.2) is 51.7 Å². The minimum absolute atomic E-state index is 0.261. The average molecular weight is 258 g/mol. The Bertz CT molecular complexity index is 584. The quantitative estimate of drug-likeness (QED) is 0.917. The maximum Gasteiger partial charge on any atom is 0.336 e. The van der Waals surface area contributed by atoms with E-state index >= 15 is 0 Å². The molecule has 0 aliphatic rings. The molecule has 1 N–H and O–H groups in total. The zero-order valence-electron chi connectivity index (χ0n) is 11.2. The van der Waals surface area contributed by atoms with Crippen molar-refractivity contribution < 1.29 is 9.52 Å². The van der Waals surface area contributed by atoms with Crippen LogP contribution in [0.2, 0.25) is 0 Å².